The van der Waals surface area contributed by atoms with Gasteiger partial charge in [-0.1, -0.05) is 17.7 Å². The third-order valence-corrected chi connectivity index (χ3v) is 5.27. The van der Waals surface area contributed by atoms with E-state index < -0.39 is 16.1 Å². The molecule has 0 saturated carbocycles. The Bertz CT molecular complexity index is 891. The standard InChI is InChI=1S/C17H18N2O4S/c1-11-4-6-13(7-5-11)18-24(21,22)14-8-9-16-15(10-14)19(3)17(20)12(2)23-16/h4-10,12,18H,1-3H3. The van der Waals surface area contributed by atoms with Crippen LogP contribution in [0.4, 0.5) is 11.4 Å². The molecule has 1 unspecified atom stereocenters. The maximum Gasteiger partial charge on any atom is 0.267 e. The van der Waals surface area contributed by atoms with Crippen molar-refractivity contribution in [1.29, 1.82) is 0 Å². The van der Waals surface area contributed by atoms with Crippen molar-refractivity contribution in [3.05, 3.63) is 48.0 Å². The molecule has 1 aliphatic heterocycles. The first-order valence-electron chi connectivity index (χ1n) is 7.46. The van der Waals surface area contributed by atoms with E-state index in [0.717, 1.165) is 5.56 Å². The molecule has 2 aromatic rings. The van der Waals surface area contributed by atoms with Crippen LogP contribution in [-0.2, 0) is 14.8 Å². The summed E-state index contributed by atoms with van der Waals surface area (Å²) in [4.78, 5) is 13.5. The molecular weight excluding hydrogens is 328 g/mol. The molecule has 0 fully saturated rings. The van der Waals surface area contributed by atoms with Gasteiger partial charge in [0.2, 0.25) is 0 Å². The zero-order valence-electron chi connectivity index (χ0n) is 13.6. The number of hydrogen-bond acceptors (Lipinski definition) is 4. The van der Waals surface area contributed by atoms with E-state index >= 15 is 0 Å². The third kappa shape index (κ3) is 2.94. The van der Waals surface area contributed by atoms with E-state index in [1.165, 1.54) is 17.0 Å². The van der Waals surface area contributed by atoms with Gasteiger partial charge in [-0.05, 0) is 44.2 Å². The van der Waals surface area contributed by atoms with Crippen LogP contribution in [0.1, 0.15) is 12.5 Å². The van der Waals surface area contributed by atoms with Crippen LogP contribution in [0.25, 0.3) is 0 Å². The lowest BCUT2D eigenvalue weighted by Gasteiger charge is -2.30. The highest BCUT2D eigenvalue weighted by molar-refractivity contribution is 7.92. The number of sulfonamides is 1. The normalized spacial score (nSPS) is 17.2. The van der Waals surface area contributed by atoms with Gasteiger partial charge in [-0.2, -0.15) is 0 Å². The maximum absolute atomic E-state index is 12.6. The Morgan fingerprint density at radius 1 is 1.12 bits per heavy atom. The monoisotopic (exact) mass is 346 g/mol. The molecule has 2 aromatic carbocycles. The molecule has 3 rings (SSSR count). The molecule has 1 amide bonds. The Kier molecular flexibility index (Phi) is 3.96. The van der Waals surface area contributed by atoms with Gasteiger partial charge in [0.05, 0.1) is 10.6 Å². The molecule has 0 aliphatic carbocycles. The Labute approximate surface area is 141 Å². The summed E-state index contributed by atoms with van der Waals surface area (Å²) in [7, 11) is -2.16. The van der Waals surface area contributed by atoms with E-state index in [9.17, 15) is 13.2 Å². The minimum atomic E-state index is -3.76. The van der Waals surface area contributed by atoms with Gasteiger partial charge < -0.3 is 9.64 Å². The van der Waals surface area contributed by atoms with Crippen molar-refractivity contribution in [1.82, 2.24) is 0 Å². The summed E-state index contributed by atoms with van der Waals surface area (Å²) in [6, 6.07) is 11.5. The van der Waals surface area contributed by atoms with Crippen LogP contribution in [0.15, 0.2) is 47.4 Å². The van der Waals surface area contributed by atoms with Crippen molar-refractivity contribution in [3.8, 4) is 5.75 Å². The minimum absolute atomic E-state index is 0.0691. The van der Waals surface area contributed by atoms with Crippen molar-refractivity contribution >= 4 is 27.3 Å². The van der Waals surface area contributed by atoms with Gasteiger partial charge in [0, 0.05) is 12.7 Å². The third-order valence-electron chi connectivity index (χ3n) is 3.89. The summed E-state index contributed by atoms with van der Waals surface area (Å²) in [5, 5.41) is 0. The zero-order valence-corrected chi connectivity index (χ0v) is 14.4. The molecule has 0 aromatic heterocycles. The number of ether oxygens (including phenoxy) is 1. The zero-order chi connectivity index (χ0) is 17.5. The number of carbonyl (C=O) groups excluding carboxylic acids is 1. The van der Waals surface area contributed by atoms with Crippen LogP contribution in [0, 0.1) is 6.92 Å². The van der Waals surface area contributed by atoms with E-state index in [-0.39, 0.29) is 10.8 Å². The second-order valence-corrected chi connectivity index (χ2v) is 7.44. The van der Waals surface area contributed by atoms with E-state index in [0.29, 0.717) is 17.1 Å². The fraction of sp³-hybridized carbons (Fsp3) is 0.235. The average molecular weight is 346 g/mol. The number of likely N-dealkylation sites (N-methyl/N-ethyl adjacent to an activating group) is 1. The Balaban J connectivity index is 1.95. The predicted molar refractivity (Wildman–Crippen MR) is 91.9 cm³/mol. The fourth-order valence-corrected chi connectivity index (χ4v) is 3.57. The molecule has 1 atom stereocenters. The highest BCUT2D eigenvalue weighted by Crippen LogP contribution is 2.35. The summed E-state index contributed by atoms with van der Waals surface area (Å²) in [6.07, 6.45) is -0.587. The van der Waals surface area contributed by atoms with E-state index in [2.05, 4.69) is 4.72 Å². The van der Waals surface area contributed by atoms with Crippen LogP contribution in [0.3, 0.4) is 0 Å². The quantitative estimate of drug-likeness (QED) is 0.927. The first-order valence-corrected chi connectivity index (χ1v) is 8.94. The topological polar surface area (TPSA) is 75.7 Å². The molecule has 0 bridgehead atoms. The molecule has 0 radical (unpaired) electrons. The van der Waals surface area contributed by atoms with Crippen molar-refractivity contribution in [2.45, 2.75) is 24.8 Å². The lowest BCUT2D eigenvalue weighted by atomic mass is 10.2. The summed E-state index contributed by atoms with van der Waals surface area (Å²) in [6.45, 7) is 3.58. The maximum atomic E-state index is 12.6. The van der Waals surface area contributed by atoms with E-state index in [4.69, 9.17) is 4.74 Å². The number of hydrogen-bond donors (Lipinski definition) is 1. The van der Waals surface area contributed by atoms with E-state index in [1.807, 2.05) is 19.1 Å². The molecule has 0 saturated heterocycles. The summed E-state index contributed by atoms with van der Waals surface area (Å²) in [5.74, 6) is 0.266. The number of nitrogens with zero attached hydrogens (tertiary/aromatic N) is 1. The summed E-state index contributed by atoms with van der Waals surface area (Å²) in [5.41, 5.74) is 1.95. The second kappa shape index (κ2) is 5.83. The smallest absolute Gasteiger partial charge is 0.267 e. The van der Waals surface area contributed by atoms with Gasteiger partial charge in [-0.3, -0.25) is 9.52 Å². The molecule has 7 heteroatoms. The van der Waals surface area contributed by atoms with Gasteiger partial charge in [0.15, 0.2) is 6.10 Å². The number of aryl methyl sites for hydroxylation is 1. The van der Waals surface area contributed by atoms with Crippen LogP contribution in [-0.4, -0.2) is 27.5 Å². The number of rotatable bonds is 3. The minimum Gasteiger partial charge on any atom is -0.479 e. The SMILES string of the molecule is Cc1ccc(NS(=O)(=O)c2ccc3c(c2)N(C)C(=O)C(C)O3)cc1. The highest BCUT2D eigenvalue weighted by atomic mass is 32.2. The number of benzene rings is 2. The molecule has 24 heavy (non-hydrogen) atoms. The molecule has 1 heterocycles. The van der Waals surface area contributed by atoms with Gasteiger partial charge in [-0.15, -0.1) is 0 Å². The molecule has 1 N–H and O–H groups in total. The van der Waals surface area contributed by atoms with Crippen molar-refractivity contribution in [2.75, 3.05) is 16.7 Å². The number of amides is 1. The Morgan fingerprint density at radius 2 is 1.79 bits per heavy atom. The van der Waals surface area contributed by atoms with Crippen LogP contribution in [0.2, 0.25) is 0 Å². The summed E-state index contributed by atoms with van der Waals surface area (Å²) < 4.78 is 33.2. The number of fused-ring (bicyclic) bond motifs is 1. The molecular formula is C17H18N2O4S. The van der Waals surface area contributed by atoms with Crippen LogP contribution in [0.5, 0.6) is 5.75 Å². The molecule has 1 aliphatic rings. The Hall–Kier alpha value is -2.54. The molecule has 0 spiro atoms. The molecule has 6 nitrogen and oxygen atoms in total. The number of anilines is 2. The second-order valence-electron chi connectivity index (χ2n) is 5.76. The van der Waals surface area contributed by atoms with Crippen molar-refractivity contribution < 1.29 is 17.9 Å². The van der Waals surface area contributed by atoms with Crippen LogP contribution < -0.4 is 14.4 Å². The lowest BCUT2D eigenvalue weighted by Crippen LogP contribution is -2.42. The van der Waals surface area contributed by atoms with Gasteiger partial charge in [-0.25, -0.2) is 8.42 Å². The van der Waals surface area contributed by atoms with Gasteiger partial charge in [0.25, 0.3) is 15.9 Å². The van der Waals surface area contributed by atoms with E-state index in [1.54, 1.807) is 32.2 Å². The lowest BCUT2D eigenvalue weighted by molar-refractivity contribution is -0.125. The average Bonchev–Trinajstić information content (AvgIpc) is 2.54. The van der Waals surface area contributed by atoms with Crippen LogP contribution >= 0.6 is 0 Å². The van der Waals surface area contributed by atoms with Crippen molar-refractivity contribution in [2.24, 2.45) is 0 Å². The first kappa shape index (κ1) is 16.3. The van der Waals surface area contributed by atoms with Gasteiger partial charge in [0.1, 0.15) is 5.75 Å². The number of carbonyl (C=O) groups is 1. The first-order chi connectivity index (χ1) is 11.3. The predicted octanol–water partition coefficient (Wildman–Crippen LogP) is 2.54. The van der Waals surface area contributed by atoms with Crippen molar-refractivity contribution in [3.63, 3.8) is 0 Å². The molecule has 126 valence electrons. The fourth-order valence-electron chi connectivity index (χ4n) is 2.49. The highest BCUT2D eigenvalue weighted by Gasteiger charge is 2.30. The van der Waals surface area contributed by atoms with Gasteiger partial charge >= 0.3 is 0 Å². The number of nitrogens with one attached hydrogen (secondary N) is 1. The largest absolute Gasteiger partial charge is 0.479 e. The Morgan fingerprint density at radius 3 is 2.46 bits per heavy atom. The summed E-state index contributed by atoms with van der Waals surface area (Å²) >= 11 is 0.